The normalized spacial score (nSPS) is 15.6. The molecule has 5 heteroatoms. The zero-order chi connectivity index (χ0) is 17.2. The van der Waals surface area contributed by atoms with Crippen LogP contribution in [0.2, 0.25) is 0 Å². The molecule has 0 saturated heterocycles. The number of fused-ring (bicyclic) bond motifs is 2. The van der Waals surface area contributed by atoms with E-state index in [0.717, 1.165) is 24.9 Å². The minimum atomic E-state index is -0.297. The summed E-state index contributed by atoms with van der Waals surface area (Å²) in [7, 11) is 0. The fraction of sp³-hybridized carbons (Fsp3) is 0.400. The van der Waals surface area contributed by atoms with Gasteiger partial charge in [-0.1, -0.05) is 18.2 Å². The molecule has 130 valence electrons. The number of benzene rings is 1. The minimum absolute atomic E-state index is 0.0169. The van der Waals surface area contributed by atoms with Gasteiger partial charge < -0.3 is 9.64 Å². The van der Waals surface area contributed by atoms with E-state index >= 15 is 0 Å². The van der Waals surface area contributed by atoms with Crippen molar-refractivity contribution in [2.75, 3.05) is 18.1 Å². The number of hydrogen-bond acceptors (Lipinski definition) is 4. The number of nitrogens with zero attached hydrogens (tertiary/aromatic N) is 1. The number of esters is 1. The van der Waals surface area contributed by atoms with Crippen LogP contribution < -0.4 is 4.90 Å². The predicted octanol–water partition coefficient (Wildman–Crippen LogP) is 3.76. The van der Waals surface area contributed by atoms with Gasteiger partial charge >= 0.3 is 5.97 Å². The van der Waals surface area contributed by atoms with E-state index in [-0.39, 0.29) is 24.9 Å². The molecule has 4 nitrogen and oxygen atoms in total. The Morgan fingerprint density at radius 1 is 1.08 bits per heavy atom. The Kier molecular flexibility index (Phi) is 4.57. The predicted molar refractivity (Wildman–Crippen MR) is 98.4 cm³/mol. The van der Waals surface area contributed by atoms with Crippen LogP contribution in [-0.2, 0) is 28.8 Å². The van der Waals surface area contributed by atoms with Crippen molar-refractivity contribution in [1.82, 2.24) is 0 Å². The first-order chi connectivity index (χ1) is 12.2. The van der Waals surface area contributed by atoms with E-state index < -0.39 is 0 Å². The number of rotatable bonds is 4. The molecule has 0 unspecified atom stereocenters. The molecule has 4 rings (SSSR count). The highest BCUT2D eigenvalue weighted by atomic mass is 32.1. The standard InChI is InChI=1S/C20H21NO3S/c22-19(21-11-9-14-5-1-3-7-16(14)21)10-12-24-20(23)18-13-15-6-2-4-8-17(15)25-18/h1,3,5,7,13H,2,4,6,8-12H2. The Balaban J connectivity index is 1.31. The maximum absolute atomic E-state index is 12.4. The van der Waals surface area contributed by atoms with Crippen LogP contribution in [-0.4, -0.2) is 25.0 Å². The highest BCUT2D eigenvalue weighted by molar-refractivity contribution is 7.14. The lowest BCUT2D eigenvalue weighted by molar-refractivity contribution is -0.119. The molecule has 1 aromatic heterocycles. The Bertz CT molecular complexity index is 788. The molecule has 0 saturated carbocycles. The molecule has 0 bridgehead atoms. The van der Waals surface area contributed by atoms with Gasteiger partial charge in [0.15, 0.2) is 0 Å². The molecule has 2 aliphatic rings. The van der Waals surface area contributed by atoms with Gasteiger partial charge in [-0.05, 0) is 55.4 Å². The second kappa shape index (κ2) is 7.00. The fourth-order valence-corrected chi connectivity index (χ4v) is 4.77. The first kappa shape index (κ1) is 16.3. The number of aryl methyl sites for hydroxylation is 2. The van der Waals surface area contributed by atoms with Crippen molar-refractivity contribution < 1.29 is 14.3 Å². The zero-order valence-electron chi connectivity index (χ0n) is 14.1. The lowest BCUT2D eigenvalue weighted by Gasteiger charge is -2.17. The van der Waals surface area contributed by atoms with E-state index in [0.29, 0.717) is 11.4 Å². The molecular weight excluding hydrogens is 334 g/mol. The van der Waals surface area contributed by atoms with Gasteiger partial charge in [-0.3, -0.25) is 4.79 Å². The second-order valence-corrected chi connectivity index (χ2v) is 7.71. The van der Waals surface area contributed by atoms with Crippen LogP contribution in [0.3, 0.4) is 0 Å². The van der Waals surface area contributed by atoms with Crippen molar-refractivity contribution in [3.8, 4) is 0 Å². The monoisotopic (exact) mass is 355 g/mol. The van der Waals surface area contributed by atoms with Crippen LogP contribution in [0.4, 0.5) is 5.69 Å². The summed E-state index contributed by atoms with van der Waals surface area (Å²) in [5, 5.41) is 0. The third kappa shape index (κ3) is 3.33. The summed E-state index contributed by atoms with van der Waals surface area (Å²) in [5.41, 5.74) is 3.50. The number of amides is 1. The molecular formula is C20H21NO3S. The van der Waals surface area contributed by atoms with Crippen LogP contribution in [0.25, 0.3) is 0 Å². The summed E-state index contributed by atoms with van der Waals surface area (Å²) in [6, 6.07) is 9.95. The average molecular weight is 355 g/mol. The summed E-state index contributed by atoms with van der Waals surface area (Å²) in [6.07, 6.45) is 5.65. The topological polar surface area (TPSA) is 46.6 Å². The summed E-state index contributed by atoms with van der Waals surface area (Å²) >= 11 is 1.55. The molecule has 1 aliphatic carbocycles. The third-order valence-electron chi connectivity index (χ3n) is 4.94. The third-order valence-corrected chi connectivity index (χ3v) is 6.15. The van der Waals surface area contributed by atoms with E-state index in [4.69, 9.17) is 4.74 Å². The van der Waals surface area contributed by atoms with Gasteiger partial charge in [0.2, 0.25) is 5.91 Å². The van der Waals surface area contributed by atoms with Gasteiger partial charge in [0.25, 0.3) is 0 Å². The van der Waals surface area contributed by atoms with E-state index in [1.165, 1.54) is 28.8 Å². The van der Waals surface area contributed by atoms with Crippen molar-refractivity contribution >= 4 is 28.9 Å². The van der Waals surface area contributed by atoms with Crippen LogP contribution in [0, 0.1) is 0 Å². The van der Waals surface area contributed by atoms with Crippen molar-refractivity contribution in [3.05, 3.63) is 51.2 Å². The van der Waals surface area contributed by atoms with E-state index in [1.54, 1.807) is 16.2 Å². The van der Waals surface area contributed by atoms with E-state index in [1.807, 2.05) is 24.3 Å². The molecule has 0 fully saturated rings. The molecule has 0 radical (unpaired) electrons. The van der Waals surface area contributed by atoms with Gasteiger partial charge in [0.1, 0.15) is 11.5 Å². The lowest BCUT2D eigenvalue weighted by atomic mass is 9.99. The highest BCUT2D eigenvalue weighted by Gasteiger charge is 2.24. The molecule has 0 spiro atoms. The number of hydrogen-bond donors (Lipinski definition) is 0. The van der Waals surface area contributed by atoms with Gasteiger partial charge in [-0.25, -0.2) is 4.79 Å². The van der Waals surface area contributed by atoms with Crippen molar-refractivity contribution in [3.63, 3.8) is 0 Å². The average Bonchev–Trinajstić information content (AvgIpc) is 3.25. The number of carbonyl (C=O) groups is 2. The van der Waals surface area contributed by atoms with Gasteiger partial charge in [-0.15, -0.1) is 11.3 Å². The van der Waals surface area contributed by atoms with Gasteiger partial charge in [-0.2, -0.15) is 0 Å². The smallest absolute Gasteiger partial charge is 0.348 e. The fourth-order valence-electron chi connectivity index (χ4n) is 3.63. The Morgan fingerprint density at radius 2 is 1.92 bits per heavy atom. The van der Waals surface area contributed by atoms with Crippen LogP contribution in [0.5, 0.6) is 0 Å². The number of para-hydroxylation sites is 1. The van der Waals surface area contributed by atoms with Crippen LogP contribution in [0.15, 0.2) is 30.3 Å². The number of carbonyl (C=O) groups excluding carboxylic acids is 2. The zero-order valence-corrected chi connectivity index (χ0v) is 14.9. The summed E-state index contributed by atoms with van der Waals surface area (Å²) < 4.78 is 5.35. The first-order valence-electron chi connectivity index (χ1n) is 8.89. The summed E-state index contributed by atoms with van der Waals surface area (Å²) in [5.74, 6) is -0.280. The van der Waals surface area contributed by atoms with E-state index in [2.05, 4.69) is 6.07 Å². The van der Waals surface area contributed by atoms with Crippen molar-refractivity contribution in [1.29, 1.82) is 0 Å². The van der Waals surface area contributed by atoms with Gasteiger partial charge in [0.05, 0.1) is 6.42 Å². The molecule has 2 aromatic rings. The number of anilines is 1. The number of ether oxygens (including phenoxy) is 1. The summed E-state index contributed by atoms with van der Waals surface area (Å²) in [6.45, 7) is 0.850. The lowest BCUT2D eigenvalue weighted by Crippen LogP contribution is -2.29. The Morgan fingerprint density at radius 3 is 2.80 bits per heavy atom. The molecule has 25 heavy (non-hydrogen) atoms. The van der Waals surface area contributed by atoms with Gasteiger partial charge in [0, 0.05) is 17.1 Å². The van der Waals surface area contributed by atoms with Crippen molar-refractivity contribution in [2.24, 2.45) is 0 Å². The number of thiophene rings is 1. The summed E-state index contributed by atoms with van der Waals surface area (Å²) in [4.78, 5) is 28.4. The Labute approximate surface area is 151 Å². The maximum atomic E-state index is 12.4. The molecule has 1 aromatic carbocycles. The Hall–Kier alpha value is -2.14. The van der Waals surface area contributed by atoms with Crippen LogP contribution in [0.1, 0.15) is 44.9 Å². The van der Waals surface area contributed by atoms with E-state index in [9.17, 15) is 9.59 Å². The SMILES string of the molecule is O=C(OCCC(=O)N1CCc2ccccc21)c1cc2c(s1)CCCC2. The maximum Gasteiger partial charge on any atom is 0.348 e. The van der Waals surface area contributed by atoms with Crippen LogP contribution >= 0.6 is 11.3 Å². The molecule has 1 aliphatic heterocycles. The quantitative estimate of drug-likeness (QED) is 0.785. The molecule has 0 N–H and O–H groups in total. The van der Waals surface area contributed by atoms with Crippen molar-refractivity contribution in [2.45, 2.75) is 38.5 Å². The highest BCUT2D eigenvalue weighted by Crippen LogP contribution is 2.30. The first-order valence-corrected chi connectivity index (χ1v) is 9.71. The second-order valence-electron chi connectivity index (χ2n) is 6.58. The molecule has 0 atom stereocenters. The largest absolute Gasteiger partial charge is 0.461 e. The minimum Gasteiger partial charge on any atom is -0.461 e. The molecule has 1 amide bonds. The molecule has 2 heterocycles.